The lowest BCUT2D eigenvalue weighted by Crippen LogP contribution is -2.03. The first-order valence-electron chi connectivity index (χ1n) is 11.3. The molecule has 0 N–H and O–H groups in total. The Morgan fingerprint density at radius 3 is 2.72 bits per heavy atom. The fraction of sp³-hybridized carbons (Fsp3) is 0.107. The zero-order valence-corrected chi connectivity index (χ0v) is 20.7. The highest BCUT2D eigenvalue weighted by atomic mass is 35.5. The highest BCUT2D eigenvalue weighted by Gasteiger charge is 2.17. The van der Waals surface area contributed by atoms with Crippen molar-refractivity contribution in [2.75, 3.05) is 7.11 Å². The lowest BCUT2D eigenvalue weighted by atomic mass is 10.0. The summed E-state index contributed by atoms with van der Waals surface area (Å²) in [5.74, 6) is 0.969. The van der Waals surface area contributed by atoms with E-state index in [0.29, 0.717) is 22.9 Å². The minimum atomic E-state index is -0.426. The summed E-state index contributed by atoms with van der Waals surface area (Å²) < 4.78 is 27.1. The number of nitrogens with zero attached hydrogens (tertiary/aromatic N) is 3. The summed E-state index contributed by atoms with van der Waals surface area (Å²) in [6.45, 7) is 0. The molecule has 1 aliphatic heterocycles. The van der Waals surface area contributed by atoms with Crippen molar-refractivity contribution < 1.29 is 13.9 Å². The van der Waals surface area contributed by atoms with Crippen LogP contribution < -0.4 is 9.47 Å². The van der Waals surface area contributed by atoms with Gasteiger partial charge in [-0.3, -0.25) is 15.0 Å². The van der Waals surface area contributed by atoms with Crippen LogP contribution in [0.15, 0.2) is 78.0 Å². The number of halogens is 2. The minimum Gasteiger partial charge on any atom is -0.495 e. The Kier molecular flexibility index (Phi) is 5.87. The van der Waals surface area contributed by atoms with Gasteiger partial charge in [0.25, 0.3) is 0 Å². The SMILES string of the molecule is COc1ccc(-c2cc3nccc(Oc4ccc(CC5=Nc6cc(Cl)ccc6C5)cc4F)c3s2)nc1. The van der Waals surface area contributed by atoms with Crippen molar-refractivity contribution in [3.63, 3.8) is 0 Å². The van der Waals surface area contributed by atoms with Gasteiger partial charge in [0.1, 0.15) is 11.5 Å². The van der Waals surface area contributed by atoms with E-state index in [1.54, 1.807) is 31.6 Å². The second-order valence-electron chi connectivity index (χ2n) is 8.39. The van der Waals surface area contributed by atoms with Crippen molar-refractivity contribution in [3.8, 4) is 27.8 Å². The van der Waals surface area contributed by atoms with Gasteiger partial charge in [0, 0.05) is 35.8 Å². The predicted octanol–water partition coefficient (Wildman–Crippen LogP) is 7.82. The molecule has 0 saturated heterocycles. The number of aliphatic imine (C=N–C) groups is 1. The van der Waals surface area contributed by atoms with Crippen molar-refractivity contribution in [2.45, 2.75) is 12.8 Å². The lowest BCUT2D eigenvalue weighted by Gasteiger charge is -2.09. The Balaban J connectivity index is 1.22. The molecule has 2 aromatic carbocycles. The molecule has 0 aliphatic carbocycles. The molecule has 0 saturated carbocycles. The second-order valence-corrected chi connectivity index (χ2v) is 9.88. The maximum Gasteiger partial charge on any atom is 0.166 e. The highest BCUT2D eigenvalue weighted by Crippen LogP contribution is 2.39. The summed E-state index contributed by atoms with van der Waals surface area (Å²) in [5, 5.41) is 0.662. The second kappa shape index (κ2) is 9.33. The predicted molar refractivity (Wildman–Crippen MR) is 142 cm³/mol. The van der Waals surface area contributed by atoms with Crippen LogP contribution in [0.25, 0.3) is 20.8 Å². The zero-order valence-electron chi connectivity index (χ0n) is 19.2. The van der Waals surface area contributed by atoms with Crippen LogP contribution in [-0.2, 0) is 12.8 Å². The zero-order chi connectivity index (χ0) is 24.6. The summed E-state index contributed by atoms with van der Waals surface area (Å²) in [4.78, 5) is 14.5. The molecule has 0 bridgehead atoms. The molecule has 4 heterocycles. The van der Waals surface area contributed by atoms with E-state index in [1.807, 2.05) is 42.5 Å². The number of pyridine rings is 2. The third-order valence-corrected chi connectivity index (χ3v) is 7.34. The topological polar surface area (TPSA) is 56.6 Å². The van der Waals surface area contributed by atoms with Gasteiger partial charge in [-0.25, -0.2) is 4.39 Å². The first-order chi connectivity index (χ1) is 17.6. The molecule has 0 spiro atoms. The monoisotopic (exact) mass is 515 g/mol. The summed E-state index contributed by atoms with van der Waals surface area (Å²) in [6, 6.07) is 18.2. The molecule has 0 amide bonds. The van der Waals surface area contributed by atoms with E-state index in [2.05, 4.69) is 15.0 Å². The molecule has 0 radical (unpaired) electrons. The largest absolute Gasteiger partial charge is 0.495 e. The van der Waals surface area contributed by atoms with Gasteiger partial charge in [-0.05, 0) is 53.6 Å². The van der Waals surface area contributed by atoms with Crippen LogP contribution in [-0.4, -0.2) is 22.8 Å². The van der Waals surface area contributed by atoms with Crippen LogP contribution >= 0.6 is 22.9 Å². The summed E-state index contributed by atoms with van der Waals surface area (Å²) in [5.41, 5.74) is 5.41. The van der Waals surface area contributed by atoms with Crippen molar-refractivity contribution in [1.82, 2.24) is 9.97 Å². The molecule has 8 heteroatoms. The number of hydrogen-bond donors (Lipinski definition) is 0. The Labute approximate surface area is 215 Å². The number of methoxy groups -OCH3 is 1. The smallest absolute Gasteiger partial charge is 0.166 e. The van der Waals surface area contributed by atoms with Crippen LogP contribution in [0.1, 0.15) is 11.1 Å². The Bertz CT molecular complexity index is 1630. The molecular formula is C28H19ClFN3O2S. The highest BCUT2D eigenvalue weighted by molar-refractivity contribution is 7.22. The summed E-state index contributed by atoms with van der Waals surface area (Å²) in [6.07, 6.45) is 4.63. The Morgan fingerprint density at radius 1 is 1.00 bits per heavy atom. The van der Waals surface area contributed by atoms with Gasteiger partial charge < -0.3 is 9.47 Å². The van der Waals surface area contributed by atoms with E-state index >= 15 is 4.39 Å². The van der Waals surface area contributed by atoms with Gasteiger partial charge in [0.15, 0.2) is 11.6 Å². The molecule has 1 aliphatic rings. The number of rotatable bonds is 6. The van der Waals surface area contributed by atoms with Crippen molar-refractivity contribution in [3.05, 3.63) is 95.0 Å². The van der Waals surface area contributed by atoms with E-state index in [1.165, 1.54) is 17.4 Å². The van der Waals surface area contributed by atoms with Crippen molar-refractivity contribution >= 4 is 44.6 Å². The number of benzene rings is 2. The average molecular weight is 516 g/mol. The molecular weight excluding hydrogens is 497 g/mol. The normalized spacial score (nSPS) is 12.5. The fourth-order valence-corrected chi connectivity index (χ4v) is 5.39. The van der Waals surface area contributed by atoms with Crippen LogP contribution in [0.4, 0.5) is 10.1 Å². The molecule has 0 unspecified atom stereocenters. The van der Waals surface area contributed by atoms with E-state index in [4.69, 9.17) is 21.1 Å². The van der Waals surface area contributed by atoms with Gasteiger partial charge in [-0.2, -0.15) is 0 Å². The molecule has 3 aromatic heterocycles. The quantitative estimate of drug-likeness (QED) is 0.231. The number of ether oxygens (including phenoxy) is 2. The first-order valence-corrected chi connectivity index (χ1v) is 12.5. The number of hydrogen-bond acceptors (Lipinski definition) is 6. The van der Waals surface area contributed by atoms with Gasteiger partial charge in [-0.1, -0.05) is 23.7 Å². The summed E-state index contributed by atoms with van der Waals surface area (Å²) >= 11 is 7.57. The minimum absolute atomic E-state index is 0.159. The molecule has 6 rings (SSSR count). The van der Waals surface area contributed by atoms with Crippen molar-refractivity contribution in [2.24, 2.45) is 4.99 Å². The standard InChI is InChI=1S/C28H19ClFN3O2S/c1-34-20-5-6-22(32-15-20)27-14-24-28(36-27)26(8-9-31-24)35-25-7-2-16(11-21(25)30)10-19-12-17-3-4-18(29)13-23(17)33-19/h2-9,11,13-15H,10,12H2,1H3. The maximum absolute atomic E-state index is 15.1. The van der Waals surface area contributed by atoms with E-state index in [-0.39, 0.29) is 5.75 Å². The molecule has 0 fully saturated rings. The van der Waals surface area contributed by atoms with E-state index in [0.717, 1.165) is 49.7 Å². The summed E-state index contributed by atoms with van der Waals surface area (Å²) in [7, 11) is 1.60. The Hall–Kier alpha value is -3.81. The van der Waals surface area contributed by atoms with E-state index < -0.39 is 5.82 Å². The van der Waals surface area contributed by atoms with Crippen LogP contribution in [0, 0.1) is 5.82 Å². The number of fused-ring (bicyclic) bond motifs is 2. The molecule has 36 heavy (non-hydrogen) atoms. The van der Waals surface area contributed by atoms with Crippen molar-refractivity contribution in [1.29, 1.82) is 0 Å². The fourth-order valence-electron chi connectivity index (χ4n) is 4.18. The third-order valence-electron chi connectivity index (χ3n) is 5.95. The third kappa shape index (κ3) is 4.43. The van der Waals surface area contributed by atoms with Crippen LogP contribution in [0.2, 0.25) is 5.02 Å². The maximum atomic E-state index is 15.1. The number of thiophene rings is 1. The van der Waals surface area contributed by atoms with Crippen LogP contribution in [0.5, 0.6) is 17.2 Å². The van der Waals surface area contributed by atoms with Gasteiger partial charge in [0.05, 0.1) is 39.8 Å². The molecule has 5 aromatic rings. The lowest BCUT2D eigenvalue weighted by molar-refractivity contribution is 0.413. The van der Waals surface area contributed by atoms with E-state index in [9.17, 15) is 0 Å². The Morgan fingerprint density at radius 2 is 1.92 bits per heavy atom. The number of aromatic nitrogens is 2. The first kappa shape index (κ1) is 22.6. The molecule has 0 atom stereocenters. The van der Waals surface area contributed by atoms with Crippen LogP contribution in [0.3, 0.4) is 0 Å². The molecule has 178 valence electrons. The van der Waals surface area contributed by atoms with Gasteiger partial charge in [0.2, 0.25) is 0 Å². The molecule has 5 nitrogen and oxygen atoms in total. The average Bonchev–Trinajstić information content (AvgIpc) is 3.50. The van der Waals surface area contributed by atoms with Gasteiger partial charge in [-0.15, -0.1) is 11.3 Å². The van der Waals surface area contributed by atoms with Gasteiger partial charge >= 0.3 is 0 Å².